The molecule has 166 valence electrons. The molecule has 4 rings (SSSR count). The summed E-state index contributed by atoms with van der Waals surface area (Å²) in [6.45, 7) is 0. The fourth-order valence-corrected chi connectivity index (χ4v) is 5.47. The van der Waals surface area contributed by atoms with Crippen molar-refractivity contribution < 1.29 is 26.8 Å². The van der Waals surface area contributed by atoms with Gasteiger partial charge >= 0.3 is 0 Å². The van der Waals surface area contributed by atoms with Crippen LogP contribution in [0.2, 0.25) is 0 Å². The van der Waals surface area contributed by atoms with Crippen molar-refractivity contribution in [3.8, 4) is 33.7 Å². The lowest BCUT2D eigenvalue weighted by Crippen LogP contribution is -2.26. The number of sulfonamides is 1. The van der Waals surface area contributed by atoms with Crippen LogP contribution in [0.1, 0.15) is 0 Å². The highest BCUT2D eigenvalue weighted by atomic mass is 32.2. The Morgan fingerprint density at radius 1 is 1.06 bits per heavy atom. The average Bonchev–Trinajstić information content (AvgIpc) is 3.48. The Morgan fingerprint density at radius 3 is 2.44 bits per heavy atom. The van der Waals surface area contributed by atoms with Crippen LogP contribution in [0.5, 0.6) is 11.5 Å². The molecule has 0 aliphatic rings. The lowest BCUT2D eigenvalue weighted by atomic mass is 10.2. The second kappa shape index (κ2) is 8.60. The van der Waals surface area contributed by atoms with E-state index in [2.05, 4.69) is 10.1 Å². The molecule has 4 aromatic rings. The van der Waals surface area contributed by atoms with E-state index in [1.807, 2.05) is 0 Å². The number of methoxy groups -OCH3 is 2. The van der Waals surface area contributed by atoms with Gasteiger partial charge in [-0.15, -0.1) is 11.3 Å². The second-order valence-corrected chi connectivity index (χ2v) is 9.44. The minimum Gasteiger partial charge on any atom is -0.497 e. The molecule has 2 heterocycles. The first-order chi connectivity index (χ1) is 15.3. The van der Waals surface area contributed by atoms with Crippen molar-refractivity contribution in [1.82, 2.24) is 10.1 Å². The largest absolute Gasteiger partial charge is 0.497 e. The highest BCUT2D eigenvalue weighted by molar-refractivity contribution is 7.93. The molecule has 32 heavy (non-hydrogen) atoms. The van der Waals surface area contributed by atoms with Gasteiger partial charge in [0.2, 0.25) is 5.82 Å². The van der Waals surface area contributed by atoms with Crippen LogP contribution < -0.4 is 13.8 Å². The maximum Gasteiger partial charge on any atom is 0.269 e. The molecule has 0 saturated heterocycles. The minimum absolute atomic E-state index is 0.00114. The van der Waals surface area contributed by atoms with Crippen molar-refractivity contribution in [2.24, 2.45) is 0 Å². The van der Waals surface area contributed by atoms with Crippen molar-refractivity contribution in [1.29, 1.82) is 0 Å². The Bertz CT molecular complexity index is 1350. The van der Waals surface area contributed by atoms with Gasteiger partial charge in [-0.1, -0.05) is 17.3 Å². The Morgan fingerprint density at radius 2 is 1.78 bits per heavy atom. The van der Waals surface area contributed by atoms with Gasteiger partial charge in [-0.3, -0.25) is 4.31 Å². The topological polar surface area (TPSA) is 94.8 Å². The van der Waals surface area contributed by atoms with Crippen LogP contribution in [0, 0.1) is 5.82 Å². The Kier molecular flexibility index (Phi) is 5.85. The molecule has 0 aliphatic carbocycles. The van der Waals surface area contributed by atoms with E-state index in [0.717, 1.165) is 15.6 Å². The molecular weight excluding hydrogens is 457 g/mol. The summed E-state index contributed by atoms with van der Waals surface area (Å²) in [5.74, 6) is 0.632. The summed E-state index contributed by atoms with van der Waals surface area (Å²) >= 11 is 1.14. The summed E-state index contributed by atoms with van der Waals surface area (Å²) in [7, 11) is 0.397. The van der Waals surface area contributed by atoms with E-state index in [9.17, 15) is 12.8 Å². The molecule has 0 unspecified atom stereocenters. The van der Waals surface area contributed by atoms with Crippen LogP contribution in [-0.4, -0.2) is 39.8 Å². The van der Waals surface area contributed by atoms with Crippen molar-refractivity contribution in [2.45, 2.75) is 4.90 Å². The van der Waals surface area contributed by atoms with E-state index in [1.54, 1.807) is 29.6 Å². The first-order valence-electron chi connectivity index (χ1n) is 9.23. The average molecular weight is 476 g/mol. The van der Waals surface area contributed by atoms with Crippen LogP contribution in [0.15, 0.2) is 63.3 Å². The Balaban J connectivity index is 1.72. The number of benzene rings is 2. The molecule has 0 N–H and O–H groups in total. The van der Waals surface area contributed by atoms with Crippen molar-refractivity contribution in [2.75, 3.05) is 25.6 Å². The summed E-state index contributed by atoms with van der Waals surface area (Å²) < 4.78 is 57.3. The zero-order valence-corrected chi connectivity index (χ0v) is 18.9. The highest BCUT2D eigenvalue weighted by Crippen LogP contribution is 2.37. The molecule has 0 fully saturated rings. The van der Waals surface area contributed by atoms with Gasteiger partial charge in [-0.2, -0.15) is 4.98 Å². The molecule has 0 bridgehead atoms. The van der Waals surface area contributed by atoms with Gasteiger partial charge in [0, 0.05) is 30.8 Å². The third kappa shape index (κ3) is 4.04. The number of ether oxygens (including phenoxy) is 2. The van der Waals surface area contributed by atoms with Gasteiger partial charge in [-0.05, 0) is 23.6 Å². The molecule has 0 radical (unpaired) electrons. The molecular formula is C21H18FN3O5S2. The second-order valence-electron chi connectivity index (χ2n) is 6.59. The molecule has 11 heteroatoms. The number of rotatable bonds is 7. The van der Waals surface area contributed by atoms with E-state index in [4.69, 9.17) is 14.0 Å². The third-order valence-electron chi connectivity index (χ3n) is 4.67. The minimum atomic E-state index is -3.99. The fraction of sp³-hybridized carbons (Fsp3) is 0.143. The van der Waals surface area contributed by atoms with Crippen molar-refractivity contribution >= 4 is 27.0 Å². The lowest BCUT2D eigenvalue weighted by Gasteiger charge is -2.20. The summed E-state index contributed by atoms with van der Waals surface area (Å²) in [4.78, 5) is 4.55. The first kappa shape index (κ1) is 21.8. The van der Waals surface area contributed by atoms with Gasteiger partial charge in [0.1, 0.15) is 27.1 Å². The summed E-state index contributed by atoms with van der Waals surface area (Å²) in [6.07, 6.45) is 0. The van der Waals surface area contributed by atoms with Crippen LogP contribution in [0.25, 0.3) is 22.2 Å². The molecule has 0 saturated carbocycles. The predicted molar refractivity (Wildman–Crippen MR) is 118 cm³/mol. The molecule has 8 nitrogen and oxygen atoms in total. The molecule has 0 amide bonds. The normalized spacial score (nSPS) is 11.4. The van der Waals surface area contributed by atoms with E-state index in [-0.39, 0.29) is 21.5 Å². The summed E-state index contributed by atoms with van der Waals surface area (Å²) in [5.41, 5.74) is 0.769. The van der Waals surface area contributed by atoms with Gasteiger partial charge in [0.25, 0.3) is 15.9 Å². The van der Waals surface area contributed by atoms with Crippen molar-refractivity contribution in [3.63, 3.8) is 0 Å². The van der Waals surface area contributed by atoms with Crippen LogP contribution >= 0.6 is 11.3 Å². The van der Waals surface area contributed by atoms with Gasteiger partial charge in [0.05, 0.1) is 19.9 Å². The van der Waals surface area contributed by atoms with Crippen LogP contribution in [0.3, 0.4) is 0 Å². The molecule has 0 atom stereocenters. The number of nitrogens with zero attached hydrogens (tertiary/aromatic N) is 3. The highest BCUT2D eigenvalue weighted by Gasteiger charge is 2.29. The maximum atomic E-state index is 13.5. The Hall–Kier alpha value is -3.44. The molecule has 0 spiro atoms. The zero-order valence-electron chi connectivity index (χ0n) is 17.3. The van der Waals surface area contributed by atoms with Crippen LogP contribution in [-0.2, 0) is 10.0 Å². The Labute approximate surface area is 187 Å². The van der Waals surface area contributed by atoms with E-state index < -0.39 is 15.8 Å². The fourth-order valence-electron chi connectivity index (χ4n) is 2.98. The standard InChI is InChI=1S/C21H18FN3O5S2/c1-25(15-10-16(28-2)12-17(11-15)29-3)32(26,27)18-7-8-31-19(18)21-23-20(24-30-21)13-5-4-6-14(22)9-13/h4-12H,1-3H3. The number of hydrogen-bond acceptors (Lipinski definition) is 8. The molecule has 2 aromatic heterocycles. The van der Waals surface area contributed by atoms with Crippen LogP contribution in [0.4, 0.5) is 10.1 Å². The zero-order chi connectivity index (χ0) is 22.9. The van der Waals surface area contributed by atoms with Crippen molar-refractivity contribution in [3.05, 3.63) is 59.7 Å². The smallest absolute Gasteiger partial charge is 0.269 e. The summed E-state index contributed by atoms with van der Waals surface area (Å²) in [5, 5.41) is 5.49. The first-order valence-corrected chi connectivity index (χ1v) is 11.5. The maximum absolute atomic E-state index is 13.5. The predicted octanol–water partition coefficient (Wildman–Crippen LogP) is 4.45. The van der Waals surface area contributed by atoms with E-state index in [0.29, 0.717) is 22.7 Å². The van der Waals surface area contributed by atoms with Gasteiger partial charge in [-0.25, -0.2) is 12.8 Å². The number of anilines is 1. The monoisotopic (exact) mass is 475 g/mol. The van der Waals surface area contributed by atoms with E-state index >= 15 is 0 Å². The molecule has 2 aromatic carbocycles. The lowest BCUT2D eigenvalue weighted by molar-refractivity contribution is 0.394. The quantitative estimate of drug-likeness (QED) is 0.390. The van der Waals surface area contributed by atoms with E-state index in [1.165, 1.54) is 45.5 Å². The SMILES string of the molecule is COc1cc(OC)cc(N(C)S(=O)(=O)c2ccsc2-c2nc(-c3cccc(F)c3)no2)c1. The number of halogens is 1. The van der Waals surface area contributed by atoms with Gasteiger partial charge in [0.15, 0.2) is 0 Å². The summed E-state index contributed by atoms with van der Waals surface area (Å²) in [6, 6.07) is 12.0. The van der Waals surface area contributed by atoms with Gasteiger partial charge < -0.3 is 14.0 Å². The molecule has 0 aliphatic heterocycles. The number of thiophene rings is 1. The number of aromatic nitrogens is 2. The third-order valence-corrected chi connectivity index (χ3v) is 7.53. The number of hydrogen-bond donors (Lipinski definition) is 0.